The van der Waals surface area contributed by atoms with Crippen molar-refractivity contribution in [1.82, 2.24) is 10.3 Å². The van der Waals surface area contributed by atoms with E-state index >= 15 is 0 Å². The maximum atomic E-state index is 11.2. The van der Waals surface area contributed by atoms with Crippen molar-refractivity contribution < 1.29 is 9.72 Å². The molecule has 1 heterocycles. The predicted octanol–water partition coefficient (Wildman–Crippen LogP) is 0.800. The van der Waals surface area contributed by atoms with Crippen LogP contribution in [0, 0.1) is 21.4 Å². The van der Waals surface area contributed by atoms with Crippen LogP contribution in [-0.2, 0) is 4.79 Å². The highest BCUT2D eigenvalue weighted by Crippen LogP contribution is 2.22. The molecule has 1 aromatic heterocycles. The van der Waals surface area contributed by atoms with Gasteiger partial charge in [-0.05, 0) is 6.92 Å². The van der Waals surface area contributed by atoms with E-state index in [-0.39, 0.29) is 35.9 Å². The van der Waals surface area contributed by atoms with Crippen molar-refractivity contribution in [3.63, 3.8) is 0 Å². The smallest absolute Gasteiger partial charge is 0.312 e. The second-order valence-corrected chi connectivity index (χ2v) is 3.59. The molecule has 100 valence electrons. The van der Waals surface area contributed by atoms with Gasteiger partial charge in [0.1, 0.15) is 6.07 Å². The molecular weight excluding hydrogens is 250 g/mol. The van der Waals surface area contributed by atoms with Crippen molar-refractivity contribution in [3.8, 4) is 6.07 Å². The van der Waals surface area contributed by atoms with Crippen molar-refractivity contribution >= 4 is 17.4 Å². The minimum Gasteiger partial charge on any atom is -0.364 e. The quantitative estimate of drug-likeness (QED) is 0.578. The maximum absolute atomic E-state index is 11.2. The number of carbonyl (C=O) groups is 1. The number of pyridine rings is 1. The Labute approximate surface area is 109 Å². The van der Waals surface area contributed by atoms with Gasteiger partial charge < -0.3 is 10.6 Å². The highest BCUT2D eigenvalue weighted by atomic mass is 16.6. The Hall–Kier alpha value is -2.69. The van der Waals surface area contributed by atoms with Gasteiger partial charge in [-0.3, -0.25) is 14.9 Å². The number of rotatable bonds is 6. The van der Waals surface area contributed by atoms with Crippen LogP contribution >= 0.6 is 0 Å². The Balaban J connectivity index is 2.70. The van der Waals surface area contributed by atoms with Gasteiger partial charge in [0.05, 0.1) is 10.5 Å². The summed E-state index contributed by atoms with van der Waals surface area (Å²) in [6.45, 7) is 2.57. The lowest BCUT2D eigenvalue weighted by Crippen LogP contribution is -2.25. The molecule has 0 unspecified atom stereocenters. The predicted molar refractivity (Wildman–Crippen MR) is 67.4 cm³/mol. The Morgan fingerprint density at radius 1 is 1.63 bits per heavy atom. The first-order valence-electron chi connectivity index (χ1n) is 5.63. The number of nitrogens with one attached hydrogen (secondary N) is 2. The van der Waals surface area contributed by atoms with E-state index in [1.165, 1.54) is 6.20 Å². The van der Waals surface area contributed by atoms with E-state index in [4.69, 9.17) is 5.26 Å². The fourth-order valence-corrected chi connectivity index (χ4v) is 1.37. The summed E-state index contributed by atoms with van der Waals surface area (Å²) in [4.78, 5) is 25.2. The summed E-state index contributed by atoms with van der Waals surface area (Å²) >= 11 is 0. The molecule has 0 fully saturated rings. The van der Waals surface area contributed by atoms with Gasteiger partial charge in [0.25, 0.3) is 0 Å². The third-order valence-corrected chi connectivity index (χ3v) is 2.21. The standard InChI is InChI=1S/C11H13N5O3/c1-2-13-10(17)3-4-14-11-9(16(18)19)5-8(6-12)7-15-11/h5,7H,2-4H2,1H3,(H,13,17)(H,14,15). The lowest BCUT2D eigenvalue weighted by atomic mass is 10.2. The van der Waals surface area contributed by atoms with Gasteiger partial charge in [0, 0.05) is 31.8 Å². The van der Waals surface area contributed by atoms with E-state index in [2.05, 4.69) is 15.6 Å². The van der Waals surface area contributed by atoms with Crippen molar-refractivity contribution in [1.29, 1.82) is 5.26 Å². The highest BCUT2D eigenvalue weighted by molar-refractivity contribution is 5.76. The third-order valence-electron chi connectivity index (χ3n) is 2.21. The zero-order valence-electron chi connectivity index (χ0n) is 10.3. The van der Waals surface area contributed by atoms with Crippen molar-refractivity contribution in [2.75, 3.05) is 18.4 Å². The number of carbonyl (C=O) groups excluding carboxylic acids is 1. The topological polar surface area (TPSA) is 121 Å². The first-order valence-corrected chi connectivity index (χ1v) is 5.63. The van der Waals surface area contributed by atoms with Crippen LogP contribution in [0.1, 0.15) is 18.9 Å². The molecule has 1 aromatic rings. The Morgan fingerprint density at radius 2 is 2.37 bits per heavy atom. The lowest BCUT2D eigenvalue weighted by Gasteiger charge is -2.06. The second kappa shape index (κ2) is 6.90. The van der Waals surface area contributed by atoms with Crippen molar-refractivity contribution in [2.45, 2.75) is 13.3 Å². The number of nitro groups is 1. The first-order chi connectivity index (χ1) is 9.08. The molecular formula is C11H13N5O3. The summed E-state index contributed by atoms with van der Waals surface area (Å²) in [5, 5.41) is 24.8. The van der Waals surface area contributed by atoms with E-state index in [1.807, 2.05) is 0 Å². The van der Waals surface area contributed by atoms with E-state index in [0.717, 1.165) is 6.07 Å². The SMILES string of the molecule is CCNC(=O)CCNc1ncc(C#N)cc1[N+](=O)[O-]. The fourth-order valence-electron chi connectivity index (χ4n) is 1.37. The van der Waals surface area contributed by atoms with Gasteiger partial charge >= 0.3 is 5.69 Å². The molecule has 0 aliphatic carbocycles. The molecule has 0 saturated heterocycles. The Morgan fingerprint density at radius 3 is 2.95 bits per heavy atom. The Bertz CT molecular complexity index is 524. The van der Waals surface area contributed by atoms with Crippen LogP contribution in [0.5, 0.6) is 0 Å². The molecule has 1 amide bonds. The molecule has 8 heteroatoms. The average molecular weight is 263 g/mol. The number of anilines is 1. The summed E-state index contributed by atoms with van der Waals surface area (Å²) in [5.41, 5.74) is -0.170. The number of nitriles is 1. The summed E-state index contributed by atoms with van der Waals surface area (Å²) in [5.74, 6) is -0.0976. The fraction of sp³-hybridized carbons (Fsp3) is 0.364. The summed E-state index contributed by atoms with van der Waals surface area (Å²) in [7, 11) is 0. The second-order valence-electron chi connectivity index (χ2n) is 3.59. The molecule has 0 saturated carbocycles. The van der Waals surface area contributed by atoms with Crippen molar-refractivity contribution in [2.24, 2.45) is 0 Å². The molecule has 0 aliphatic rings. The van der Waals surface area contributed by atoms with Gasteiger partial charge in [-0.1, -0.05) is 0 Å². The van der Waals surface area contributed by atoms with Crippen LogP contribution in [-0.4, -0.2) is 28.9 Å². The number of aromatic nitrogens is 1. The molecule has 0 aliphatic heterocycles. The molecule has 0 bridgehead atoms. The number of nitrogens with zero attached hydrogens (tertiary/aromatic N) is 3. The normalized spacial score (nSPS) is 9.47. The van der Waals surface area contributed by atoms with Gasteiger partial charge in [-0.15, -0.1) is 0 Å². The summed E-state index contributed by atoms with van der Waals surface area (Å²) < 4.78 is 0. The summed E-state index contributed by atoms with van der Waals surface area (Å²) in [6.07, 6.45) is 1.42. The molecule has 0 aromatic carbocycles. The van der Waals surface area contributed by atoms with E-state index < -0.39 is 4.92 Å². The monoisotopic (exact) mass is 263 g/mol. The maximum Gasteiger partial charge on any atom is 0.312 e. The van der Waals surface area contributed by atoms with Gasteiger partial charge in [0.2, 0.25) is 11.7 Å². The van der Waals surface area contributed by atoms with Crippen LogP contribution < -0.4 is 10.6 Å². The molecule has 0 spiro atoms. The van der Waals surface area contributed by atoms with Crippen molar-refractivity contribution in [3.05, 3.63) is 27.9 Å². The number of amides is 1. The number of hydrogen-bond acceptors (Lipinski definition) is 6. The molecule has 1 rings (SSSR count). The van der Waals surface area contributed by atoms with E-state index in [0.29, 0.717) is 6.54 Å². The van der Waals surface area contributed by atoms with E-state index in [1.54, 1.807) is 13.0 Å². The zero-order valence-corrected chi connectivity index (χ0v) is 10.3. The van der Waals surface area contributed by atoms with Crippen LogP contribution in [0.3, 0.4) is 0 Å². The Kier molecular flexibility index (Phi) is 5.22. The lowest BCUT2D eigenvalue weighted by molar-refractivity contribution is -0.384. The first kappa shape index (κ1) is 14.4. The van der Waals surface area contributed by atoms with E-state index in [9.17, 15) is 14.9 Å². The minimum atomic E-state index is -0.623. The molecule has 8 nitrogen and oxygen atoms in total. The molecule has 0 radical (unpaired) electrons. The number of hydrogen-bond donors (Lipinski definition) is 2. The highest BCUT2D eigenvalue weighted by Gasteiger charge is 2.16. The average Bonchev–Trinajstić information content (AvgIpc) is 2.39. The van der Waals surface area contributed by atoms with Crippen LogP contribution in [0.15, 0.2) is 12.3 Å². The van der Waals surface area contributed by atoms with Crippen LogP contribution in [0.25, 0.3) is 0 Å². The zero-order chi connectivity index (χ0) is 14.3. The van der Waals surface area contributed by atoms with Gasteiger partial charge in [-0.25, -0.2) is 4.98 Å². The van der Waals surface area contributed by atoms with Gasteiger partial charge in [0.15, 0.2) is 0 Å². The molecule has 2 N–H and O–H groups in total. The molecule has 0 atom stereocenters. The van der Waals surface area contributed by atoms with Crippen LogP contribution in [0.4, 0.5) is 11.5 Å². The third kappa shape index (κ3) is 4.23. The largest absolute Gasteiger partial charge is 0.364 e. The van der Waals surface area contributed by atoms with Crippen LogP contribution in [0.2, 0.25) is 0 Å². The minimum absolute atomic E-state index is 0.0494. The van der Waals surface area contributed by atoms with Gasteiger partial charge in [-0.2, -0.15) is 5.26 Å². The molecule has 19 heavy (non-hydrogen) atoms. The summed E-state index contributed by atoms with van der Waals surface area (Å²) in [6, 6.07) is 2.92.